The van der Waals surface area contributed by atoms with Crippen LogP contribution in [0.2, 0.25) is 0 Å². The highest BCUT2D eigenvalue weighted by molar-refractivity contribution is 5.29. The Morgan fingerprint density at radius 1 is 1.31 bits per heavy atom. The average molecular weight is 218 g/mol. The molecule has 0 amide bonds. The van der Waals surface area contributed by atoms with Crippen molar-refractivity contribution in [3.05, 3.63) is 23.5 Å². The number of fused-ring (bicyclic) bond motifs is 1. The van der Waals surface area contributed by atoms with E-state index in [-0.39, 0.29) is 6.04 Å². The van der Waals surface area contributed by atoms with Crippen molar-refractivity contribution in [1.82, 2.24) is 4.57 Å². The summed E-state index contributed by atoms with van der Waals surface area (Å²) in [6.07, 6.45) is 11.4. The molecule has 2 nitrogen and oxygen atoms in total. The van der Waals surface area contributed by atoms with Crippen LogP contribution in [0.15, 0.2) is 12.3 Å². The molecule has 2 N–H and O–H groups in total. The van der Waals surface area contributed by atoms with E-state index in [2.05, 4.69) is 23.8 Å². The molecule has 1 heterocycles. The first-order valence-electron chi connectivity index (χ1n) is 6.67. The summed E-state index contributed by atoms with van der Waals surface area (Å²) in [6.45, 7) is 2.42. The van der Waals surface area contributed by atoms with Crippen LogP contribution in [0.4, 0.5) is 0 Å². The summed E-state index contributed by atoms with van der Waals surface area (Å²) in [6, 6.07) is 2.55. The lowest BCUT2D eigenvalue weighted by Gasteiger charge is -2.31. The maximum absolute atomic E-state index is 6.19. The molecular formula is C14H22N2. The van der Waals surface area contributed by atoms with E-state index in [1.54, 1.807) is 0 Å². The van der Waals surface area contributed by atoms with Gasteiger partial charge in [-0.05, 0) is 50.7 Å². The molecule has 1 aromatic rings. The summed E-state index contributed by atoms with van der Waals surface area (Å²) >= 11 is 0. The second kappa shape index (κ2) is 3.63. The molecule has 0 bridgehead atoms. The minimum absolute atomic E-state index is 0.287. The van der Waals surface area contributed by atoms with Crippen LogP contribution >= 0.6 is 0 Å². The van der Waals surface area contributed by atoms with Crippen molar-refractivity contribution in [3.8, 4) is 0 Å². The summed E-state index contributed by atoms with van der Waals surface area (Å²) in [4.78, 5) is 0. The third-order valence-corrected chi connectivity index (χ3v) is 4.62. The molecular weight excluding hydrogens is 196 g/mol. The maximum Gasteiger partial charge on any atom is 0.0414 e. The number of nitrogens with two attached hydrogens (primary N) is 1. The highest BCUT2D eigenvalue weighted by atomic mass is 15.1. The molecule has 16 heavy (non-hydrogen) atoms. The van der Waals surface area contributed by atoms with Gasteiger partial charge in [0.2, 0.25) is 0 Å². The lowest BCUT2D eigenvalue weighted by atomic mass is 9.92. The minimum Gasteiger partial charge on any atom is -0.345 e. The first-order valence-corrected chi connectivity index (χ1v) is 6.67. The molecule has 1 saturated carbocycles. The highest BCUT2D eigenvalue weighted by Gasteiger charge is 2.33. The molecule has 2 aliphatic rings. The first-order chi connectivity index (χ1) is 7.71. The van der Waals surface area contributed by atoms with E-state index < -0.39 is 0 Å². The first kappa shape index (κ1) is 10.4. The smallest absolute Gasteiger partial charge is 0.0414 e. The zero-order chi connectivity index (χ0) is 11.2. The van der Waals surface area contributed by atoms with Gasteiger partial charge in [-0.2, -0.15) is 0 Å². The Morgan fingerprint density at radius 3 is 2.81 bits per heavy atom. The van der Waals surface area contributed by atoms with Crippen LogP contribution in [0.3, 0.4) is 0 Å². The number of rotatable bonds is 1. The maximum atomic E-state index is 6.19. The molecule has 2 aliphatic carbocycles. The Balaban J connectivity index is 2.02. The fourth-order valence-electron chi connectivity index (χ4n) is 3.61. The molecule has 1 fully saturated rings. The normalized spacial score (nSPS) is 28.0. The van der Waals surface area contributed by atoms with Crippen molar-refractivity contribution in [2.45, 2.75) is 63.5 Å². The zero-order valence-electron chi connectivity index (χ0n) is 10.2. The molecule has 1 aromatic heterocycles. The molecule has 2 heteroatoms. The SMILES string of the molecule is CC1(n2ccc3c2CCCC3N)CCCC1. The standard InChI is InChI=1S/C14H22N2/c1-14(8-2-3-9-14)16-10-7-11-12(15)5-4-6-13(11)16/h7,10,12H,2-6,8-9,15H2,1H3. The van der Waals surface area contributed by atoms with Crippen molar-refractivity contribution in [3.63, 3.8) is 0 Å². The van der Waals surface area contributed by atoms with Crippen LogP contribution in [0, 0.1) is 0 Å². The van der Waals surface area contributed by atoms with Crippen molar-refractivity contribution in [2.75, 3.05) is 0 Å². The molecule has 88 valence electrons. The number of nitrogens with zero attached hydrogens (tertiary/aromatic N) is 1. The van der Waals surface area contributed by atoms with Crippen LogP contribution in [-0.2, 0) is 12.0 Å². The fraction of sp³-hybridized carbons (Fsp3) is 0.714. The van der Waals surface area contributed by atoms with Crippen molar-refractivity contribution >= 4 is 0 Å². The average Bonchev–Trinajstić information content (AvgIpc) is 2.85. The van der Waals surface area contributed by atoms with Gasteiger partial charge in [0.25, 0.3) is 0 Å². The third-order valence-electron chi connectivity index (χ3n) is 4.62. The molecule has 1 unspecified atom stereocenters. The van der Waals surface area contributed by atoms with Crippen LogP contribution in [0.5, 0.6) is 0 Å². The lowest BCUT2D eigenvalue weighted by molar-refractivity contribution is 0.316. The summed E-state index contributed by atoms with van der Waals surface area (Å²) in [5.74, 6) is 0. The van der Waals surface area contributed by atoms with E-state index in [9.17, 15) is 0 Å². The summed E-state index contributed by atoms with van der Waals surface area (Å²) in [5.41, 5.74) is 9.51. The van der Waals surface area contributed by atoms with Crippen LogP contribution in [-0.4, -0.2) is 4.57 Å². The van der Waals surface area contributed by atoms with E-state index in [1.165, 1.54) is 49.8 Å². The van der Waals surface area contributed by atoms with Crippen molar-refractivity contribution in [1.29, 1.82) is 0 Å². The van der Waals surface area contributed by atoms with Gasteiger partial charge < -0.3 is 10.3 Å². The summed E-state index contributed by atoms with van der Waals surface area (Å²) in [7, 11) is 0. The van der Waals surface area contributed by atoms with E-state index in [1.807, 2.05) is 0 Å². The van der Waals surface area contributed by atoms with Crippen molar-refractivity contribution < 1.29 is 0 Å². The Labute approximate surface area is 97.8 Å². The predicted molar refractivity (Wildman–Crippen MR) is 66.4 cm³/mol. The molecule has 0 aromatic carbocycles. The molecule has 1 atom stereocenters. The molecule has 0 radical (unpaired) electrons. The topological polar surface area (TPSA) is 30.9 Å². The Kier molecular flexibility index (Phi) is 2.36. The van der Waals surface area contributed by atoms with Gasteiger partial charge >= 0.3 is 0 Å². The molecule has 3 rings (SSSR count). The van der Waals surface area contributed by atoms with Gasteiger partial charge in [0.05, 0.1) is 0 Å². The number of aromatic nitrogens is 1. The van der Waals surface area contributed by atoms with Crippen LogP contribution in [0.1, 0.15) is 62.7 Å². The predicted octanol–water partition coefficient (Wildman–Crippen LogP) is 3.11. The summed E-state index contributed by atoms with van der Waals surface area (Å²) in [5, 5.41) is 0. The van der Waals surface area contributed by atoms with Crippen molar-refractivity contribution in [2.24, 2.45) is 5.73 Å². The molecule has 0 saturated heterocycles. The second-order valence-corrected chi connectivity index (χ2v) is 5.79. The highest BCUT2D eigenvalue weighted by Crippen LogP contribution is 2.40. The third kappa shape index (κ3) is 1.43. The fourth-order valence-corrected chi connectivity index (χ4v) is 3.61. The van der Waals surface area contributed by atoms with Gasteiger partial charge in [-0.15, -0.1) is 0 Å². The van der Waals surface area contributed by atoms with Gasteiger partial charge in [-0.25, -0.2) is 0 Å². The van der Waals surface area contributed by atoms with E-state index in [0.29, 0.717) is 5.54 Å². The van der Waals surface area contributed by atoms with Crippen LogP contribution < -0.4 is 5.73 Å². The lowest BCUT2D eigenvalue weighted by Crippen LogP contribution is -2.29. The van der Waals surface area contributed by atoms with Gasteiger partial charge in [-0.3, -0.25) is 0 Å². The monoisotopic (exact) mass is 218 g/mol. The van der Waals surface area contributed by atoms with E-state index >= 15 is 0 Å². The molecule has 0 spiro atoms. The quantitative estimate of drug-likeness (QED) is 0.771. The Morgan fingerprint density at radius 2 is 2.06 bits per heavy atom. The van der Waals surface area contributed by atoms with E-state index in [4.69, 9.17) is 5.73 Å². The van der Waals surface area contributed by atoms with Gasteiger partial charge in [0.1, 0.15) is 0 Å². The minimum atomic E-state index is 0.287. The largest absolute Gasteiger partial charge is 0.345 e. The Hall–Kier alpha value is -0.760. The van der Waals surface area contributed by atoms with Gasteiger partial charge in [0, 0.05) is 23.5 Å². The van der Waals surface area contributed by atoms with Gasteiger partial charge in [-0.1, -0.05) is 12.8 Å². The summed E-state index contributed by atoms with van der Waals surface area (Å²) < 4.78 is 2.55. The van der Waals surface area contributed by atoms with Gasteiger partial charge in [0.15, 0.2) is 0 Å². The number of hydrogen-bond acceptors (Lipinski definition) is 1. The Bertz CT molecular complexity index is 385. The van der Waals surface area contributed by atoms with Crippen LogP contribution in [0.25, 0.3) is 0 Å². The van der Waals surface area contributed by atoms with E-state index in [0.717, 1.165) is 6.42 Å². The molecule has 0 aliphatic heterocycles. The second-order valence-electron chi connectivity index (χ2n) is 5.79. The zero-order valence-corrected chi connectivity index (χ0v) is 10.2. The number of hydrogen-bond donors (Lipinski definition) is 1.